The van der Waals surface area contributed by atoms with Gasteiger partial charge in [-0.3, -0.25) is 4.99 Å². The van der Waals surface area contributed by atoms with Crippen LogP contribution in [0.15, 0.2) is 46.1 Å². The van der Waals surface area contributed by atoms with Crippen LogP contribution in [0.3, 0.4) is 0 Å². The summed E-state index contributed by atoms with van der Waals surface area (Å²) in [5.41, 5.74) is 2.64. The summed E-state index contributed by atoms with van der Waals surface area (Å²) in [5.74, 6) is 2.39. The number of anilines is 1. The minimum Gasteiger partial charge on any atom is -0.497 e. The molecular formula is C20H29IN4OS. The fourth-order valence-corrected chi connectivity index (χ4v) is 4.00. The van der Waals surface area contributed by atoms with Crippen LogP contribution in [0.1, 0.15) is 18.4 Å². The molecule has 1 aromatic carbocycles. The van der Waals surface area contributed by atoms with Gasteiger partial charge in [0.1, 0.15) is 5.75 Å². The van der Waals surface area contributed by atoms with Crippen molar-refractivity contribution in [2.24, 2.45) is 4.99 Å². The third kappa shape index (κ3) is 5.75. The summed E-state index contributed by atoms with van der Waals surface area (Å²) < 4.78 is 5.24. The summed E-state index contributed by atoms with van der Waals surface area (Å²) in [6.07, 6.45) is 0. The van der Waals surface area contributed by atoms with E-state index in [1.165, 1.54) is 11.3 Å². The van der Waals surface area contributed by atoms with Crippen molar-refractivity contribution >= 4 is 47.0 Å². The van der Waals surface area contributed by atoms with Gasteiger partial charge in [0.05, 0.1) is 7.11 Å². The number of thiophene rings is 1. The lowest BCUT2D eigenvalue weighted by atomic mass is 10.1. The van der Waals surface area contributed by atoms with E-state index in [1.807, 2.05) is 19.2 Å². The van der Waals surface area contributed by atoms with Crippen molar-refractivity contribution in [3.05, 3.63) is 46.7 Å². The second-order valence-electron chi connectivity index (χ2n) is 6.56. The van der Waals surface area contributed by atoms with Crippen LogP contribution in [0.5, 0.6) is 5.75 Å². The summed E-state index contributed by atoms with van der Waals surface area (Å²) in [6.45, 7) is 7.09. The van der Waals surface area contributed by atoms with Crippen LogP contribution in [-0.2, 0) is 0 Å². The lowest BCUT2D eigenvalue weighted by Gasteiger charge is -2.38. The number of rotatable bonds is 5. The smallest absolute Gasteiger partial charge is 0.193 e. The van der Waals surface area contributed by atoms with E-state index in [9.17, 15) is 0 Å². The van der Waals surface area contributed by atoms with E-state index in [4.69, 9.17) is 4.74 Å². The number of methoxy groups -OCH3 is 1. The molecule has 2 heterocycles. The summed E-state index contributed by atoms with van der Waals surface area (Å²) in [6, 6.07) is 10.5. The Hall–Kier alpha value is -1.48. The topological polar surface area (TPSA) is 40.1 Å². The van der Waals surface area contributed by atoms with Crippen molar-refractivity contribution in [2.75, 3.05) is 51.8 Å². The van der Waals surface area contributed by atoms with E-state index >= 15 is 0 Å². The van der Waals surface area contributed by atoms with E-state index < -0.39 is 0 Å². The Kier molecular flexibility index (Phi) is 8.69. The van der Waals surface area contributed by atoms with Crippen LogP contribution in [0.25, 0.3) is 0 Å². The molecule has 27 heavy (non-hydrogen) atoms. The van der Waals surface area contributed by atoms with Crippen molar-refractivity contribution in [2.45, 2.75) is 12.8 Å². The van der Waals surface area contributed by atoms with E-state index in [2.05, 4.69) is 56.0 Å². The highest BCUT2D eigenvalue weighted by atomic mass is 127. The van der Waals surface area contributed by atoms with E-state index in [0.29, 0.717) is 5.92 Å². The molecule has 1 unspecified atom stereocenters. The molecule has 5 nitrogen and oxygen atoms in total. The van der Waals surface area contributed by atoms with Gasteiger partial charge >= 0.3 is 0 Å². The second kappa shape index (κ2) is 10.8. The number of piperazine rings is 1. The maximum atomic E-state index is 5.24. The molecule has 1 N–H and O–H groups in total. The maximum Gasteiger partial charge on any atom is 0.193 e. The van der Waals surface area contributed by atoms with Gasteiger partial charge in [0.25, 0.3) is 0 Å². The zero-order chi connectivity index (χ0) is 18.4. The molecule has 1 aromatic heterocycles. The molecule has 0 bridgehead atoms. The highest BCUT2D eigenvalue weighted by Gasteiger charge is 2.20. The first-order chi connectivity index (χ1) is 12.7. The van der Waals surface area contributed by atoms with Crippen molar-refractivity contribution in [1.29, 1.82) is 0 Å². The lowest BCUT2D eigenvalue weighted by molar-refractivity contribution is 0.371. The number of nitrogens with zero attached hydrogens (tertiary/aromatic N) is 3. The minimum atomic E-state index is 0. The number of benzene rings is 1. The molecule has 1 fully saturated rings. The lowest BCUT2D eigenvalue weighted by Crippen LogP contribution is -2.53. The number of aliphatic imine (C=N–C) groups is 1. The molecule has 0 aliphatic carbocycles. The molecule has 148 valence electrons. The average molecular weight is 500 g/mol. The number of hydrogen-bond donors (Lipinski definition) is 1. The molecule has 0 spiro atoms. The minimum absolute atomic E-state index is 0. The van der Waals surface area contributed by atoms with Crippen molar-refractivity contribution in [3.63, 3.8) is 0 Å². The Morgan fingerprint density at radius 2 is 1.89 bits per heavy atom. The SMILES string of the molecule is CN=C(NCC(C)c1ccsc1)N1CCN(c2ccc(OC)cc2)CC1.I. The van der Waals surface area contributed by atoms with Crippen LogP contribution < -0.4 is 15.0 Å². The zero-order valence-electron chi connectivity index (χ0n) is 16.2. The van der Waals surface area contributed by atoms with Crippen LogP contribution in [0.4, 0.5) is 5.69 Å². The average Bonchev–Trinajstić information content (AvgIpc) is 3.24. The Morgan fingerprint density at radius 1 is 1.19 bits per heavy atom. The molecule has 0 amide bonds. The van der Waals surface area contributed by atoms with Gasteiger partial charge in [-0.05, 0) is 52.6 Å². The maximum absolute atomic E-state index is 5.24. The predicted molar refractivity (Wildman–Crippen MR) is 126 cm³/mol. The highest BCUT2D eigenvalue weighted by molar-refractivity contribution is 14.0. The Balaban J connectivity index is 0.00000261. The number of ether oxygens (including phenoxy) is 1. The third-order valence-electron chi connectivity index (χ3n) is 4.91. The summed E-state index contributed by atoms with van der Waals surface area (Å²) in [4.78, 5) is 9.25. The monoisotopic (exact) mass is 500 g/mol. The number of nitrogens with one attached hydrogen (secondary N) is 1. The molecule has 0 radical (unpaired) electrons. The molecule has 1 saturated heterocycles. The van der Waals surface area contributed by atoms with Gasteiger partial charge in [-0.2, -0.15) is 11.3 Å². The zero-order valence-corrected chi connectivity index (χ0v) is 19.4. The van der Waals surface area contributed by atoms with Crippen molar-refractivity contribution in [1.82, 2.24) is 10.2 Å². The van der Waals surface area contributed by atoms with Crippen molar-refractivity contribution in [3.8, 4) is 5.75 Å². The molecule has 3 rings (SSSR count). The van der Waals surface area contributed by atoms with Gasteiger partial charge in [0.15, 0.2) is 5.96 Å². The fraction of sp³-hybridized carbons (Fsp3) is 0.450. The normalized spacial score (nSPS) is 15.9. The Morgan fingerprint density at radius 3 is 2.44 bits per heavy atom. The quantitative estimate of drug-likeness (QED) is 0.385. The van der Waals surface area contributed by atoms with Gasteiger partial charge in [-0.15, -0.1) is 24.0 Å². The van der Waals surface area contributed by atoms with Gasteiger partial charge in [0, 0.05) is 45.5 Å². The first-order valence-electron chi connectivity index (χ1n) is 9.08. The number of halogens is 1. The molecule has 1 aliphatic rings. The van der Waals surface area contributed by atoms with Gasteiger partial charge < -0.3 is 19.9 Å². The summed E-state index contributed by atoms with van der Waals surface area (Å²) >= 11 is 1.75. The van der Waals surface area contributed by atoms with E-state index in [1.54, 1.807) is 18.4 Å². The van der Waals surface area contributed by atoms with Crippen LogP contribution in [0, 0.1) is 0 Å². The van der Waals surface area contributed by atoms with Crippen LogP contribution in [-0.4, -0.2) is 57.7 Å². The number of hydrogen-bond acceptors (Lipinski definition) is 4. The van der Waals surface area contributed by atoms with E-state index in [-0.39, 0.29) is 24.0 Å². The van der Waals surface area contributed by atoms with Gasteiger partial charge in [-0.25, -0.2) is 0 Å². The first kappa shape index (κ1) is 21.8. The predicted octanol–water partition coefficient (Wildman–Crippen LogP) is 3.88. The largest absolute Gasteiger partial charge is 0.497 e. The van der Waals surface area contributed by atoms with E-state index in [0.717, 1.165) is 44.4 Å². The fourth-order valence-electron chi connectivity index (χ4n) is 3.22. The molecule has 1 atom stereocenters. The first-order valence-corrected chi connectivity index (χ1v) is 10.0. The standard InChI is InChI=1S/C20H28N4OS.HI/c1-16(17-8-13-26-15-17)14-22-20(21-2)24-11-9-23(10-12-24)18-4-6-19(25-3)7-5-18;/h4-8,13,15-16H,9-12,14H2,1-3H3,(H,21,22);1H. The molecular weight excluding hydrogens is 471 g/mol. The molecule has 7 heteroatoms. The molecule has 1 aliphatic heterocycles. The van der Waals surface area contributed by atoms with Crippen molar-refractivity contribution < 1.29 is 4.74 Å². The molecule has 2 aromatic rings. The van der Waals surface area contributed by atoms with Crippen LogP contribution in [0.2, 0.25) is 0 Å². The molecule has 0 saturated carbocycles. The van der Waals surface area contributed by atoms with Gasteiger partial charge in [-0.1, -0.05) is 6.92 Å². The second-order valence-corrected chi connectivity index (χ2v) is 7.34. The third-order valence-corrected chi connectivity index (χ3v) is 5.61. The Bertz CT molecular complexity index is 697. The Labute approximate surface area is 183 Å². The number of guanidine groups is 1. The highest BCUT2D eigenvalue weighted by Crippen LogP contribution is 2.21. The van der Waals surface area contributed by atoms with Crippen LogP contribution >= 0.6 is 35.3 Å². The summed E-state index contributed by atoms with van der Waals surface area (Å²) in [7, 11) is 3.57. The van der Waals surface area contributed by atoms with Gasteiger partial charge in [0.2, 0.25) is 0 Å². The summed E-state index contributed by atoms with van der Waals surface area (Å²) in [5, 5.41) is 7.91.